The predicted octanol–water partition coefficient (Wildman–Crippen LogP) is -0.925. The van der Waals surface area contributed by atoms with E-state index in [-0.39, 0.29) is 36.9 Å². The summed E-state index contributed by atoms with van der Waals surface area (Å²) in [5.74, 6) is -0.0251. The van der Waals surface area contributed by atoms with Crippen LogP contribution in [0, 0.1) is 0 Å². The van der Waals surface area contributed by atoms with Crippen LogP contribution in [-0.4, -0.2) is 66.8 Å². The van der Waals surface area contributed by atoms with Crippen LogP contribution in [0.3, 0.4) is 0 Å². The molecule has 20 heavy (non-hydrogen) atoms. The summed E-state index contributed by atoms with van der Waals surface area (Å²) in [7, 11) is -0.786. The first kappa shape index (κ1) is 14.6. The lowest BCUT2D eigenvalue weighted by molar-refractivity contribution is 0.108. The van der Waals surface area contributed by atoms with Gasteiger partial charge in [0.2, 0.25) is 10.0 Å². The number of nitrogen functional groups attached to an aromatic ring is 1. The van der Waals surface area contributed by atoms with E-state index in [1.54, 1.807) is 7.05 Å². The number of ether oxygens (including phenoxy) is 1. The Bertz CT molecular complexity index is 603. The van der Waals surface area contributed by atoms with E-state index >= 15 is 0 Å². The Morgan fingerprint density at radius 3 is 2.40 bits per heavy atom. The van der Waals surface area contributed by atoms with Gasteiger partial charge >= 0.3 is 6.09 Å². The average molecular weight is 303 g/mol. The molecule has 0 saturated carbocycles. The maximum Gasteiger partial charge on any atom is 0.409 e. The van der Waals surface area contributed by atoms with Gasteiger partial charge in [0.25, 0.3) is 0 Å². The van der Waals surface area contributed by atoms with Gasteiger partial charge in [-0.25, -0.2) is 13.2 Å². The summed E-state index contributed by atoms with van der Waals surface area (Å²) >= 11 is 0. The van der Waals surface area contributed by atoms with Crippen LogP contribution in [0.2, 0.25) is 0 Å². The van der Waals surface area contributed by atoms with E-state index in [4.69, 9.17) is 5.73 Å². The average Bonchev–Trinajstić information content (AvgIpc) is 2.77. The van der Waals surface area contributed by atoms with Gasteiger partial charge in [-0.15, -0.1) is 0 Å². The summed E-state index contributed by atoms with van der Waals surface area (Å²) in [4.78, 5) is 12.8. The summed E-state index contributed by atoms with van der Waals surface area (Å²) in [5, 5.41) is 3.83. The fourth-order valence-corrected chi connectivity index (χ4v) is 3.57. The van der Waals surface area contributed by atoms with Crippen molar-refractivity contribution in [1.82, 2.24) is 19.0 Å². The van der Waals surface area contributed by atoms with Gasteiger partial charge in [-0.3, -0.25) is 4.68 Å². The lowest BCUT2D eigenvalue weighted by Gasteiger charge is -2.32. The van der Waals surface area contributed by atoms with E-state index in [2.05, 4.69) is 9.84 Å². The number of anilines is 1. The molecule has 0 radical (unpaired) electrons. The van der Waals surface area contributed by atoms with Gasteiger partial charge in [-0.2, -0.15) is 9.40 Å². The number of hydrogen-bond donors (Lipinski definition) is 1. The zero-order chi connectivity index (χ0) is 14.9. The molecule has 1 saturated heterocycles. The Balaban J connectivity index is 2.14. The number of rotatable bonds is 2. The Morgan fingerprint density at radius 1 is 1.35 bits per heavy atom. The number of amides is 1. The standard InChI is InChI=1S/C10H17N5O4S/c1-13-7-8(9(11)12-13)20(17,18)15-5-3-14(4-6-15)10(16)19-2/h7H,3-6H2,1-2H3,(H2,11,12). The minimum atomic E-state index is -3.68. The first-order valence-electron chi connectivity index (χ1n) is 5.98. The fourth-order valence-electron chi connectivity index (χ4n) is 2.06. The van der Waals surface area contributed by atoms with Gasteiger partial charge in [0.1, 0.15) is 4.90 Å². The zero-order valence-corrected chi connectivity index (χ0v) is 12.1. The molecule has 0 bridgehead atoms. The normalized spacial score (nSPS) is 17.2. The molecule has 1 amide bonds. The quantitative estimate of drug-likeness (QED) is 0.756. The highest BCUT2D eigenvalue weighted by atomic mass is 32.2. The molecule has 9 nitrogen and oxygen atoms in total. The van der Waals surface area contributed by atoms with Gasteiger partial charge in [0, 0.05) is 39.4 Å². The molecule has 0 aromatic carbocycles. The Hall–Kier alpha value is -1.81. The molecule has 0 unspecified atom stereocenters. The third-order valence-corrected chi connectivity index (χ3v) is 5.03. The molecule has 1 aliphatic heterocycles. The van der Waals surface area contributed by atoms with Crippen LogP contribution in [0.25, 0.3) is 0 Å². The Kier molecular flexibility index (Phi) is 3.86. The van der Waals surface area contributed by atoms with Crippen molar-refractivity contribution >= 4 is 21.9 Å². The highest BCUT2D eigenvalue weighted by Crippen LogP contribution is 2.22. The van der Waals surface area contributed by atoms with Crippen molar-refractivity contribution in [1.29, 1.82) is 0 Å². The number of aromatic nitrogens is 2. The van der Waals surface area contributed by atoms with Crippen LogP contribution in [0.1, 0.15) is 0 Å². The molecule has 0 aliphatic carbocycles. The maximum atomic E-state index is 12.4. The lowest BCUT2D eigenvalue weighted by atomic mass is 10.4. The number of piperazine rings is 1. The summed E-state index contributed by atoms with van der Waals surface area (Å²) in [6.45, 7) is 0.968. The monoisotopic (exact) mass is 303 g/mol. The summed E-state index contributed by atoms with van der Waals surface area (Å²) in [5.41, 5.74) is 5.61. The number of methoxy groups -OCH3 is 1. The van der Waals surface area contributed by atoms with Crippen molar-refractivity contribution in [3.63, 3.8) is 0 Å². The number of carbonyl (C=O) groups is 1. The third kappa shape index (κ3) is 2.56. The molecule has 0 atom stereocenters. The van der Waals surface area contributed by atoms with E-state index in [0.717, 1.165) is 0 Å². The van der Waals surface area contributed by atoms with Crippen molar-refractivity contribution in [3.05, 3.63) is 6.20 Å². The van der Waals surface area contributed by atoms with E-state index in [0.29, 0.717) is 0 Å². The van der Waals surface area contributed by atoms with E-state index in [9.17, 15) is 13.2 Å². The van der Waals surface area contributed by atoms with Gasteiger partial charge in [0.05, 0.1) is 7.11 Å². The van der Waals surface area contributed by atoms with Crippen molar-refractivity contribution in [2.24, 2.45) is 7.05 Å². The molecule has 2 heterocycles. The number of nitrogens with two attached hydrogens (primary N) is 1. The van der Waals surface area contributed by atoms with Crippen molar-refractivity contribution < 1.29 is 17.9 Å². The van der Waals surface area contributed by atoms with Crippen molar-refractivity contribution in [2.45, 2.75) is 4.90 Å². The van der Waals surface area contributed by atoms with Crippen LogP contribution < -0.4 is 5.73 Å². The number of hydrogen-bond acceptors (Lipinski definition) is 6. The van der Waals surface area contributed by atoms with E-state index in [1.807, 2.05) is 0 Å². The van der Waals surface area contributed by atoms with Crippen LogP contribution in [0.5, 0.6) is 0 Å². The molecule has 2 rings (SSSR count). The molecular weight excluding hydrogens is 286 g/mol. The van der Waals surface area contributed by atoms with Crippen LogP contribution >= 0.6 is 0 Å². The van der Waals surface area contributed by atoms with Crippen molar-refractivity contribution in [3.8, 4) is 0 Å². The van der Waals surface area contributed by atoms with Crippen LogP contribution in [0.15, 0.2) is 11.1 Å². The van der Waals surface area contributed by atoms with Gasteiger partial charge in [0.15, 0.2) is 5.82 Å². The minimum Gasteiger partial charge on any atom is -0.453 e. The summed E-state index contributed by atoms with van der Waals surface area (Å²) in [6, 6.07) is 0. The first-order chi connectivity index (χ1) is 9.36. The van der Waals surface area contributed by atoms with Crippen LogP contribution in [-0.2, 0) is 21.8 Å². The molecule has 1 aromatic heterocycles. The fraction of sp³-hybridized carbons (Fsp3) is 0.600. The van der Waals surface area contributed by atoms with Crippen LogP contribution in [0.4, 0.5) is 10.6 Å². The van der Waals surface area contributed by atoms with Gasteiger partial charge < -0.3 is 15.4 Å². The number of nitrogens with zero attached hydrogens (tertiary/aromatic N) is 4. The second kappa shape index (κ2) is 5.29. The second-order valence-electron chi connectivity index (χ2n) is 4.41. The zero-order valence-electron chi connectivity index (χ0n) is 11.3. The lowest BCUT2D eigenvalue weighted by Crippen LogP contribution is -2.50. The largest absolute Gasteiger partial charge is 0.453 e. The molecule has 2 N–H and O–H groups in total. The minimum absolute atomic E-state index is 0.00785. The predicted molar refractivity (Wildman–Crippen MR) is 70.4 cm³/mol. The van der Waals surface area contributed by atoms with E-state index < -0.39 is 16.1 Å². The second-order valence-corrected chi connectivity index (χ2v) is 6.32. The highest BCUT2D eigenvalue weighted by molar-refractivity contribution is 7.89. The number of carbonyl (C=O) groups excluding carboxylic acids is 1. The third-order valence-electron chi connectivity index (χ3n) is 3.11. The topological polar surface area (TPSA) is 111 Å². The van der Waals surface area contributed by atoms with Gasteiger partial charge in [-0.05, 0) is 0 Å². The first-order valence-corrected chi connectivity index (χ1v) is 7.42. The smallest absolute Gasteiger partial charge is 0.409 e. The SMILES string of the molecule is COC(=O)N1CCN(S(=O)(=O)c2cn(C)nc2N)CC1. The molecule has 0 spiro atoms. The molecule has 10 heteroatoms. The van der Waals surface area contributed by atoms with Gasteiger partial charge in [-0.1, -0.05) is 0 Å². The van der Waals surface area contributed by atoms with Crippen molar-refractivity contribution in [2.75, 3.05) is 39.0 Å². The maximum absolute atomic E-state index is 12.4. The summed E-state index contributed by atoms with van der Waals surface area (Å²) in [6.07, 6.45) is 0.917. The molecule has 1 aliphatic rings. The van der Waals surface area contributed by atoms with E-state index in [1.165, 1.54) is 27.2 Å². The Labute approximate surface area is 116 Å². The molecule has 1 aromatic rings. The highest BCUT2D eigenvalue weighted by Gasteiger charge is 2.32. The summed E-state index contributed by atoms with van der Waals surface area (Å²) < 4.78 is 32.1. The molecular formula is C10H17N5O4S. The molecule has 112 valence electrons. The number of aryl methyl sites for hydroxylation is 1. The number of sulfonamides is 1. The Morgan fingerprint density at radius 2 is 1.95 bits per heavy atom. The molecule has 1 fully saturated rings.